The number of esters is 1. The van der Waals surface area contributed by atoms with E-state index in [9.17, 15) is 4.79 Å². The summed E-state index contributed by atoms with van der Waals surface area (Å²) >= 11 is 0. The number of carbonyl (C=O) groups is 1. The Morgan fingerprint density at radius 3 is 2.78 bits per heavy atom. The normalized spacial score (nSPS) is 10.5. The van der Waals surface area contributed by atoms with Gasteiger partial charge in [0.05, 0.1) is 19.0 Å². The van der Waals surface area contributed by atoms with Gasteiger partial charge in [0, 0.05) is 13.6 Å². The molecule has 1 heterocycles. The van der Waals surface area contributed by atoms with Crippen LogP contribution in [0, 0.1) is 5.92 Å². The summed E-state index contributed by atoms with van der Waals surface area (Å²) in [4.78, 5) is 17.9. The van der Waals surface area contributed by atoms with Crippen LogP contribution in [-0.4, -0.2) is 31.7 Å². The van der Waals surface area contributed by atoms with Crippen LogP contribution < -0.4 is 10.6 Å². The summed E-state index contributed by atoms with van der Waals surface area (Å²) in [5, 5.41) is 0. The van der Waals surface area contributed by atoms with E-state index in [1.807, 2.05) is 11.9 Å². The minimum atomic E-state index is -0.416. The summed E-state index contributed by atoms with van der Waals surface area (Å²) in [5.74, 6) is 0.792. The number of nitrogens with zero attached hydrogens (tertiary/aromatic N) is 2. The summed E-state index contributed by atoms with van der Waals surface area (Å²) in [5.41, 5.74) is 6.51. The zero-order chi connectivity index (χ0) is 13.7. The number of nitrogen functional groups attached to an aromatic ring is 1. The third kappa shape index (κ3) is 3.61. The predicted octanol–water partition coefficient (Wildman–Crippen LogP) is 1.93. The molecule has 0 aliphatic carbocycles. The summed E-state index contributed by atoms with van der Waals surface area (Å²) in [7, 11) is 3.26. The van der Waals surface area contributed by atoms with E-state index in [-0.39, 0.29) is 0 Å². The quantitative estimate of drug-likeness (QED) is 0.810. The lowest BCUT2D eigenvalue weighted by Crippen LogP contribution is -2.24. The van der Waals surface area contributed by atoms with Gasteiger partial charge in [0.2, 0.25) is 0 Å². The van der Waals surface area contributed by atoms with Crippen molar-refractivity contribution in [3.63, 3.8) is 0 Å². The highest BCUT2D eigenvalue weighted by Crippen LogP contribution is 2.20. The van der Waals surface area contributed by atoms with Gasteiger partial charge >= 0.3 is 5.97 Å². The smallest absolute Gasteiger partial charge is 0.341 e. The van der Waals surface area contributed by atoms with Crippen LogP contribution in [-0.2, 0) is 4.74 Å². The van der Waals surface area contributed by atoms with Crippen LogP contribution in [0.2, 0.25) is 0 Å². The van der Waals surface area contributed by atoms with E-state index in [0.29, 0.717) is 23.0 Å². The molecule has 0 fully saturated rings. The van der Waals surface area contributed by atoms with E-state index in [0.717, 1.165) is 13.0 Å². The number of methoxy groups -OCH3 is 1. The van der Waals surface area contributed by atoms with Crippen LogP contribution >= 0.6 is 0 Å². The predicted molar refractivity (Wildman–Crippen MR) is 72.7 cm³/mol. The maximum atomic E-state index is 11.7. The Morgan fingerprint density at radius 1 is 1.56 bits per heavy atom. The maximum Gasteiger partial charge on any atom is 0.341 e. The fraction of sp³-hybridized carbons (Fsp3) is 0.538. The molecule has 0 saturated carbocycles. The lowest BCUT2D eigenvalue weighted by Gasteiger charge is -2.21. The molecule has 0 aliphatic rings. The molecule has 0 amide bonds. The Hall–Kier alpha value is -1.78. The third-order valence-electron chi connectivity index (χ3n) is 2.70. The zero-order valence-corrected chi connectivity index (χ0v) is 11.4. The Labute approximate surface area is 108 Å². The minimum absolute atomic E-state index is 0.406. The minimum Gasteiger partial charge on any atom is -0.465 e. The SMILES string of the molecule is COC(=O)c1cc(N)cnc1N(C)CCC(C)C. The van der Waals surface area contributed by atoms with Gasteiger partial charge < -0.3 is 15.4 Å². The van der Waals surface area contributed by atoms with Gasteiger partial charge in [-0.15, -0.1) is 0 Å². The third-order valence-corrected chi connectivity index (χ3v) is 2.70. The first-order valence-electron chi connectivity index (χ1n) is 6.00. The highest BCUT2D eigenvalue weighted by Gasteiger charge is 2.17. The second-order valence-corrected chi connectivity index (χ2v) is 4.74. The number of pyridine rings is 1. The monoisotopic (exact) mass is 251 g/mol. The number of hydrogen-bond acceptors (Lipinski definition) is 5. The standard InChI is InChI=1S/C13H21N3O2/c1-9(2)5-6-16(3)12-11(13(17)18-4)7-10(14)8-15-12/h7-9H,5-6,14H2,1-4H3. The lowest BCUT2D eigenvalue weighted by atomic mass is 10.1. The van der Waals surface area contributed by atoms with Crippen LogP contribution in [0.15, 0.2) is 12.3 Å². The van der Waals surface area contributed by atoms with Crippen molar-refractivity contribution < 1.29 is 9.53 Å². The first kappa shape index (κ1) is 14.3. The number of rotatable bonds is 5. The highest BCUT2D eigenvalue weighted by molar-refractivity contribution is 5.95. The number of aromatic nitrogens is 1. The Balaban J connectivity index is 2.96. The second kappa shape index (κ2) is 6.23. The molecule has 1 aromatic rings. The molecule has 100 valence electrons. The summed E-state index contributed by atoms with van der Waals surface area (Å²) in [6.07, 6.45) is 2.58. The highest BCUT2D eigenvalue weighted by atomic mass is 16.5. The fourth-order valence-corrected chi connectivity index (χ4v) is 1.60. The average molecular weight is 251 g/mol. The first-order valence-corrected chi connectivity index (χ1v) is 6.00. The van der Waals surface area contributed by atoms with E-state index < -0.39 is 5.97 Å². The molecule has 2 N–H and O–H groups in total. The Kier molecular flexibility index (Phi) is 4.95. The van der Waals surface area contributed by atoms with Gasteiger partial charge in [-0.2, -0.15) is 0 Å². The number of hydrogen-bond donors (Lipinski definition) is 1. The molecular weight excluding hydrogens is 230 g/mol. The molecule has 0 bridgehead atoms. The molecule has 18 heavy (non-hydrogen) atoms. The van der Waals surface area contributed by atoms with Crippen molar-refractivity contribution in [2.75, 3.05) is 31.3 Å². The van der Waals surface area contributed by atoms with E-state index in [1.165, 1.54) is 7.11 Å². The van der Waals surface area contributed by atoms with E-state index in [1.54, 1.807) is 12.3 Å². The number of carbonyl (C=O) groups excluding carboxylic acids is 1. The van der Waals surface area contributed by atoms with Crippen molar-refractivity contribution in [3.05, 3.63) is 17.8 Å². The van der Waals surface area contributed by atoms with Gasteiger partial charge in [0.15, 0.2) is 0 Å². The van der Waals surface area contributed by atoms with Gasteiger partial charge in [-0.3, -0.25) is 0 Å². The Morgan fingerprint density at radius 2 is 2.22 bits per heavy atom. The molecule has 5 heteroatoms. The molecule has 0 aromatic carbocycles. The van der Waals surface area contributed by atoms with Crippen LogP contribution in [0.1, 0.15) is 30.6 Å². The molecular formula is C13H21N3O2. The van der Waals surface area contributed by atoms with Gasteiger partial charge in [-0.05, 0) is 18.4 Å². The Bertz CT molecular complexity index is 419. The molecule has 1 rings (SSSR count). The van der Waals surface area contributed by atoms with Crippen molar-refractivity contribution in [1.29, 1.82) is 0 Å². The number of anilines is 2. The zero-order valence-electron chi connectivity index (χ0n) is 11.4. The molecule has 0 radical (unpaired) electrons. The van der Waals surface area contributed by atoms with Gasteiger partial charge in [-0.1, -0.05) is 13.8 Å². The lowest BCUT2D eigenvalue weighted by molar-refractivity contribution is 0.0601. The first-order chi connectivity index (χ1) is 8.45. The van der Waals surface area contributed by atoms with Crippen molar-refractivity contribution >= 4 is 17.5 Å². The number of nitrogens with two attached hydrogens (primary N) is 1. The molecule has 5 nitrogen and oxygen atoms in total. The van der Waals surface area contributed by atoms with Crippen LogP contribution in [0.3, 0.4) is 0 Å². The van der Waals surface area contributed by atoms with E-state index in [2.05, 4.69) is 18.8 Å². The maximum absolute atomic E-state index is 11.7. The largest absolute Gasteiger partial charge is 0.465 e. The molecule has 1 aromatic heterocycles. The van der Waals surface area contributed by atoms with Crippen molar-refractivity contribution in [3.8, 4) is 0 Å². The van der Waals surface area contributed by atoms with Crippen LogP contribution in [0.4, 0.5) is 11.5 Å². The molecule has 0 saturated heterocycles. The topological polar surface area (TPSA) is 68.5 Å². The molecule has 0 atom stereocenters. The molecule has 0 unspecified atom stereocenters. The van der Waals surface area contributed by atoms with Crippen molar-refractivity contribution in [1.82, 2.24) is 4.98 Å². The second-order valence-electron chi connectivity index (χ2n) is 4.74. The summed E-state index contributed by atoms with van der Waals surface area (Å²) in [6.45, 7) is 5.15. The fourth-order valence-electron chi connectivity index (χ4n) is 1.60. The summed E-state index contributed by atoms with van der Waals surface area (Å²) < 4.78 is 4.75. The van der Waals surface area contributed by atoms with Crippen molar-refractivity contribution in [2.45, 2.75) is 20.3 Å². The summed E-state index contributed by atoms with van der Waals surface area (Å²) in [6, 6.07) is 1.60. The van der Waals surface area contributed by atoms with Crippen molar-refractivity contribution in [2.24, 2.45) is 5.92 Å². The average Bonchev–Trinajstić information content (AvgIpc) is 2.34. The molecule has 0 spiro atoms. The van der Waals surface area contributed by atoms with E-state index >= 15 is 0 Å². The van der Waals surface area contributed by atoms with Gasteiger partial charge in [0.25, 0.3) is 0 Å². The van der Waals surface area contributed by atoms with Gasteiger partial charge in [0.1, 0.15) is 11.4 Å². The van der Waals surface area contributed by atoms with Crippen LogP contribution in [0.5, 0.6) is 0 Å². The van der Waals surface area contributed by atoms with Gasteiger partial charge in [-0.25, -0.2) is 9.78 Å². The van der Waals surface area contributed by atoms with Crippen LogP contribution in [0.25, 0.3) is 0 Å². The molecule has 0 aliphatic heterocycles. The van der Waals surface area contributed by atoms with E-state index in [4.69, 9.17) is 10.5 Å². The number of ether oxygens (including phenoxy) is 1.